The van der Waals surface area contributed by atoms with Crippen LogP contribution in [0.5, 0.6) is 0 Å². The highest BCUT2D eigenvalue weighted by molar-refractivity contribution is 5.81. The lowest BCUT2D eigenvalue weighted by Crippen LogP contribution is -2.01. The molecule has 0 spiro atoms. The summed E-state index contributed by atoms with van der Waals surface area (Å²) >= 11 is 0. The number of aromatic nitrogens is 4. The maximum atomic E-state index is 5.52. The van der Waals surface area contributed by atoms with Crippen molar-refractivity contribution < 1.29 is 0 Å². The van der Waals surface area contributed by atoms with Crippen molar-refractivity contribution in [1.82, 2.24) is 20.0 Å². The molecule has 18 heavy (non-hydrogen) atoms. The van der Waals surface area contributed by atoms with Crippen molar-refractivity contribution in [3.8, 4) is 0 Å². The molecule has 1 aromatic carbocycles. The van der Waals surface area contributed by atoms with Crippen LogP contribution in [-0.4, -0.2) is 20.0 Å². The first-order valence-electron chi connectivity index (χ1n) is 5.78. The third-order valence-corrected chi connectivity index (χ3v) is 2.87. The number of benzene rings is 1. The normalized spacial score (nSPS) is 10.9. The third kappa shape index (κ3) is 1.96. The number of fused-ring (bicyclic) bond motifs is 1. The van der Waals surface area contributed by atoms with Gasteiger partial charge in [-0.3, -0.25) is 4.98 Å². The number of nitrogens with two attached hydrogens (primary N) is 1. The van der Waals surface area contributed by atoms with Crippen molar-refractivity contribution in [3.63, 3.8) is 0 Å². The van der Waals surface area contributed by atoms with Crippen LogP contribution in [0.2, 0.25) is 0 Å². The van der Waals surface area contributed by atoms with Gasteiger partial charge in [-0.15, -0.1) is 5.10 Å². The van der Waals surface area contributed by atoms with E-state index in [9.17, 15) is 0 Å². The van der Waals surface area contributed by atoms with Crippen LogP contribution in [0.3, 0.4) is 0 Å². The standard InChI is InChI=1S/C13H13N5/c14-7-11-9-18(17-16-11)8-10-5-6-15-13-4-2-1-3-12(10)13/h1-6,9H,7-8,14H2. The van der Waals surface area contributed by atoms with Gasteiger partial charge in [-0.25, -0.2) is 4.68 Å². The number of rotatable bonds is 3. The Morgan fingerprint density at radius 1 is 1.17 bits per heavy atom. The van der Waals surface area contributed by atoms with E-state index < -0.39 is 0 Å². The summed E-state index contributed by atoms with van der Waals surface area (Å²) < 4.78 is 1.80. The van der Waals surface area contributed by atoms with Gasteiger partial charge in [0.2, 0.25) is 0 Å². The molecule has 0 aliphatic heterocycles. The molecule has 0 bridgehead atoms. The molecule has 5 nitrogen and oxygen atoms in total. The second kappa shape index (κ2) is 4.54. The van der Waals surface area contributed by atoms with Crippen molar-refractivity contribution in [2.45, 2.75) is 13.1 Å². The Morgan fingerprint density at radius 2 is 2.06 bits per heavy atom. The summed E-state index contributed by atoms with van der Waals surface area (Å²) in [6.07, 6.45) is 3.69. The fourth-order valence-electron chi connectivity index (χ4n) is 1.98. The summed E-state index contributed by atoms with van der Waals surface area (Å²) in [4.78, 5) is 4.34. The summed E-state index contributed by atoms with van der Waals surface area (Å²) in [7, 11) is 0. The molecule has 2 aromatic heterocycles. The van der Waals surface area contributed by atoms with E-state index in [1.165, 1.54) is 5.56 Å². The Bertz CT molecular complexity index is 668. The molecule has 0 radical (unpaired) electrons. The summed E-state index contributed by atoms with van der Waals surface area (Å²) in [5, 5.41) is 9.18. The lowest BCUT2D eigenvalue weighted by atomic mass is 10.1. The van der Waals surface area contributed by atoms with Gasteiger partial charge < -0.3 is 5.73 Å². The van der Waals surface area contributed by atoms with Crippen LogP contribution in [0.1, 0.15) is 11.3 Å². The fourth-order valence-corrected chi connectivity index (χ4v) is 1.98. The van der Waals surface area contributed by atoms with Gasteiger partial charge >= 0.3 is 0 Å². The molecular weight excluding hydrogens is 226 g/mol. The van der Waals surface area contributed by atoms with E-state index >= 15 is 0 Å². The number of pyridine rings is 1. The van der Waals surface area contributed by atoms with E-state index in [-0.39, 0.29) is 0 Å². The van der Waals surface area contributed by atoms with Crippen molar-refractivity contribution >= 4 is 10.9 Å². The van der Waals surface area contributed by atoms with Gasteiger partial charge in [0.25, 0.3) is 0 Å². The highest BCUT2D eigenvalue weighted by atomic mass is 15.4. The van der Waals surface area contributed by atoms with E-state index in [2.05, 4.69) is 21.4 Å². The van der Waals surface area contributed by atoms with Crippen molar-refractivity contribution in [2.24, 2.45) is 5.73 Å². The van der Waals surface area contributed by atoms with Crippen LogP contribution in [0.15, 0.2) is 42.7 Å². The average molecular weight is 239 g/mol. The zero-order valence-electron chi connectivity index (χ0n) is 9.82. The zero-order chi connectivity index (χ0) is 12.4. The molecule has 0 saturated carbocycles. The lowest BCUT2D eigenvalue weighted by Gasteiger charge is -2.05. The molecule has 2 heterocycles. The summed E-state index contributed by atoms with van der Waals surface area (Å²) in [6, 6.07) is 10.1. The predicted molar refractivity (Wildman–Crippen MR) is 68.8 cm³/mol. The van der Waals surface area contributed by atoms with E-state index in [0.717, 1.165) is 16.6 Å². The molecule has 0 amide bonds. The van der Waals surface area contributed by atoms with Crippen LogP contribution < -0.4 is 5.73 Å². The highest BCUT2D eigenvalue weighted by Gasteiger charge is 2.04. The number of para-hydroxylation sites is 1. The Kier molecular flexibility index (Phi) is 2.74. The van der Waals surface area contributed by atoms with Crippen LogP contribution >= 0.6 is 0 Å². The smallest absolute Gasteiger partial charge is 0.0962 e. The first-order chi connectivity index (χ1) is 8.86. The van der Waals surface area contributed by atoms with Crippen molar-refractivity contribution in [3.05, 3.63) is 54.0 Å². The predicted octanol–water partition coefficient (Wildman–Crippen LogP) is 1.33. The van der Waals surface area contributed by atoms with E-state index in [1.54, 1.807) is 4.68 Å². The number of nitrogens with zero attached hydrogens (tertiary/aromatic N) is 4. The monoisotopic (exact) mass is 239 g/mol. The topological polar surface area (TPSA) is 69.6 Å². The maximum Gasteiger partial charge on any atom is 0.0962 e. The van der Waals surface area contributed by atoms with Crippen LogP contribution in [0, 0.1) is 0 Å². The molecule has 2 N–H and O–H groups in total. The molecule has 90 valence electrons. The third-order valence-electron chi connectivity index (χ3n) is 2.87. The fraction of sp³-hybridized carbons (Fsp3) is 0.154. The van der Waals surface area contributed by atoms with E-state index in [1.807, 2.05) is 36.7 Å². The first-order valence-corrected chi connectivity index (χ1v) is 5.78. The highest BCUT2D eigenvalue weighted by Crippen LogP contribution is 2.16. The van der Waals surface area contributed by atoms with E-state index in [0.29, 0.717) is 13.1 Å². The van der Waals surface area contributed by atoms with Crippen molar-refractivity contribution in [1.29, 1.82) is 0 Å². The second-order valence-corrected chi connectivity index (χ2v) is 4.10. The van der Waals surface area contributed by atoms with Gasteiger partial charge in [-0.05, 0) is 17.7 Å². The average Bonchev–Trinajstić information content (AvgIpc) is 2.87. The molecule has 0 atom stereocenters. The van der Waals surface area contributed by atoms with E-state index in [4.69, 9.17) is 5.73 Å². The van der Waals surface area contributed by atoms with Crippen LogP contribution in [0.25, 0.3) is 10.9 Å². The molecule has 3 aromatic rings. The molecule has 3 rings (SSSR count). The molecule has 0 aliphatic carbocycles. The lowest BCUT2D eigenvalue weighted by molar-refractivity contribution is 0.651. The van der Waals surface area contributed by atoms with Gasteiger partial charge in [-0.2, -0.15) is 0 Å². The number of hydrogen-bond donors (Lipinski definition) is 1. The molecule has 0 unspecified atom stereocenters. The number of hydrogen-bond acceptors (Lipinski definition) is 4. The molecule has 5 heteroatoms. The zero-order valence-corrected chi connectivity index (χ0v) is 9.82. The molecular formula is C13H13N5. The Hall–Kier alpha value is -2.27. The Morgan fingerprint density at radius 3 is 2.89 bits per heavy atom. The first kappa shape index (κ1) is 10.9. The summed E-state index contributed by atoms with van der Waals surface area (Å²) in [6.45, 7) is 1.09. The van der Waals surface area contributed by atoms with Gasteiger partial charge in [0.1, 0.15) is 0 Å². The Balaban J connectivity index is 1.99. The minimum Gasteiger partial charge on any atom is -0.325 e. The largest absolute Gasteiger partial charge is 0.325 e. The molecule has 0 aliphatic rings. The van der Waals surface area contributed by atoms with Gasteiger partial charge in [0.15, 0.2) is 0 Å². The van der Waals surface area contributed by atoms with Gasteiger partial charge in [0.05, 0.1) is 24.0 Å². The van der Waals surface area contributed by atoms with Crippen molar-refractivity contribution in [2.75, 3.05) is 0 Å². The quantitative estimate of drug-likeness (QED) is 0.748. The minimum absolute atomic E-state index is 0.414. The van der Waals surface area contributed by atoms with Gasteiger partial charge in [0, 0.05) is 18.1 Å². The Labute approximate surface area is 104 Å². The summed E-state index contributed by atoms with van der Waals surface area (Å²) in [5.41, 5.74) is 8.49. The van der Waals surface area contributed by atoms with Crippen LogP contribution in [0.4, 0.5) is 0 Å². The van der Waals surface area contributed by atoms with Gasteiger partial charge in [-0.1, -0.05) is 23.4 Å². The van der Waals surface area contributed by atoms with Crippen LogP contribution in [-0.2, 0) is 13.1 Å². The SMILES string of the molecule is NCc1cn(Cc2ccnc3ccccc23)nn1. The minimum atomic E-state index is 0.414. The second-order valence-electron chi connectivity index (χ2n) is 4.10. The molecule has 0 saturated heterocycles. The maximum absolute atomic E-state index is 5.52. The molecule has 0 fully saturated rings. The summed E-state index contributed by atoms with van der Waals surface area (Å²) in [5.74, 6) is 0.